The highest BCUT2D eigenvalue weighted by molar-refractivity contribution is 9.10. The minimum absolute atomic E-state index is 0.0643. The number of ether oxygens (including phenoxy) is 2. The normalized spacial score (nSPS) is 16.6. The monoisotopic (exact) mass is 472 g/mol. The lowest BCUT2D eigenvalue weighted by molar-refractivity contribution is -0.138. The number of anilines is 1. The number of piperazine rings is 1. The highest BCUT2D eigenvalue weighted by atomic mass is 79.9. The van der Waals surface area contributed by atoms with Crippen molar-refractivity contribution in [3.63, 3.8) is 0 Å². The summed E-state index contributed by atoms with van der Waals surface area (Å²) in [6.07, 6.45) is -4.38. The Morgan fingerprint density at radius 2 is 1.59 bits per heavy atom. The third-order valence-electron chi connectivity index (χ3n) is 5.37. The van der Waals surface area contributed by atoms with Crippen LogP contribution in [0.25, 0.3) is 0 Å². The smallest absolute Gasteiger partial charge is 0.417 e. The van der Waals surface area contributed by atoms with Gasteiger partial charge in [0.05, 0.1) is 19.8 Å². The van der Waals surface area contributed by atoms with Crippen molar-refractivity contribution in [2.24, 2.45) is 0 Å². The van der Waals surface area contributed by atoms with E-state index in [2.05, 4.69) is 27.8 Å². The lowest BCUT2D eigenvalue weighted by Gasteiger charge is -2.39. The fourth-order valence-electron chi connectivity index (χ4n) is 3.62. The van der Waals surface area contributed by atoms with E-state index in [1.165, 1.54) is 12.1 Å². The van der Waals surface area contributed by atoms with Crippen molar-refractivity contribution in [1.29, 1.82) is 0 Å². The van der Waals surface area contributed by atoms with Gasteiger partial charge >= 0.3 is 6.18 Å². The van der Waals surface area contributed by atoms with Gasteiger partial charge in [0.1, 0.15) is 0 Å². The standard InChI is InChI=1S/C21H24BrF3N2O2/c1-14(15-4-7-19(28-2)20(12-15)29-3)26-8-10-27(11-9-26)16-5-6-18(22)17(13-16)21(23,24)25/h4-7,12-14H,8-11H2,1-3H3. The molecule has 0 aromatic heterocycles. The predicted octanol–water partition coefficient (Wildman–Crippen LogP) is 5.37. The lowest BCUT2D eigenvalue weighted by Crippen LogP contribution is -2.47. The molecule has 1 aliphatic heterocycles. The Labute approximate surface area is 177 Å². The molecule has 4 nitrogen and oxygen atoms in total. The van der Waals surface area contributed by atoms with E-state index in [1.807, 2.05) is 23.1 Å². The van der Waals surface area contributed by atoms with Gasteiger partial charge in [-0.15, -0.1) is 0 Å². The molecular weight excluding hydrogens is 449 g/mol. The van der Waals surface area contributed by atoms with E-state index in [-0.39, 0.29) is 10.5 Å². The quantitative estimate of drug-likeness (QED) is 0.583. The SMILES string of the molecule is COc1ccc(C(C)N2CCN(c3ccc(Br)c(C(F)(F)F)c3)CC2)cc1OC. The Morgan fingerprint density at radius 1 is 0.931 bits per heavy atom. The van der Waals surface area contributed by atoms with Gasteiger partial charge in [0.2, 0.25) is 0 Å². The van der Waals surface area contributed by atoms with Gasteiger partial charge < -0.3 is 14.4 Å². The molecule has 0 radical (unpaired) electrons. The van der Waals surface area contributed by atoms with Crippen molar-refractivity contribution < 1.29 is 22.6 Å². The minimum atomic E-state index is -4.38. The zero-order valence-corrected chi connectivity index (χ0v) is 18.2. The first-order chi connectivity index (χ1) is 13.7. The highest BCUT2D eigenvalue weighted by Gasteiger charge is 2.34. The summed E-state index contributed by atoms with van der Waals surface area (Å²) in [5, 5.41) is 0. The second kappa shape index (κ2) is 8.83. The van der Waals surface area contributed by atoms with Gasteiger partial charge in [-0.2, -0.15) is 13.2 Å². The molecule has 2 aromatic carbocycles. The van der Waals surface area contributed by atoms with E-state index in [1.54, 1.807) is 20.3 Å². The first-order valence-electron chi connectivity index (χ1n) is 9.32. The molecule has 8 heteroatoms. The van der Waals surface area contributed by atoms with Crippen LogP contribution in [0.3, 0.4) is 0 Å². The van der Waals surface area contributed by atoms with Crippen LogP contribution in [0, 0.1) is 0 Å². The molecule has 2 aromatic rings. The molecule has 0 bridgehead atoms. The maximum Gasteiger partial charge on any atom is 0.417 e. The Bertz CT molecular complexity index is 852. The number of hydrogen-bond acceptors (Lipinski definition) is 4. The average Bonchev–Trinajstić information content (AvgIpc) is 2.72. The van der Waals surface area contributed by atoms with Crippen LogP contribution in [0.15, 0.2) is 40.9 Å². The van der Waals surface area contributed by atoms with E-state index < -0.39 is 11.7 Å². The summed E-state index contributed by atoms with van der Waals surface area (Å²) in [7, 11) is 3.21. The van der Waals surface area contributed by atoms with Crippen molar-refractivity contribution in [2.75, 3.05) is 45.3 Å². The molecular formula is C21H24BrF3N2O2. The summed E-state index contributed by atoms with van der Waals surface area (Å²) in [6, 6.07) is 10.5. The molecule has 0 amide bonds. The fourth-order valence-corrected chi connectivity index (χ4v) is 4.09. The minimum Gasteiger partial charge on any atom is -0.493 e. The van der Waals surface area contributed by atoms with Crippen molar-refractivity contribution >= 4 is 21.6 Å². The number of rotatable bonds is 5. The summed E-state index contributed by atoms with van der Waals surface area (Å²) in [5.41, 5.74) is 1.06. The number of alkyl halides is 3. The molecule has 0 N–H and O–H groups in total. The summed E-state index contributed by atoms with van der Waals surface area (Å²) in [5.74, 6) is 1.37. The molecule has 1 heterocycles. The fraction of sp³-hybridized carbons (Fsp3) is 0.429. The summed E-state index contributed by atoms with van der Waals surface area (Å²) >= 11 is 3.00. The van der Waals surface area contributed by atoms with Crippen LogP contribution >= 0.6 is 15.9 Å². The molecule has 1 fully saturated rings. The third kappa shape index (κ3) is 4.80. The molecule has 0 saturated carbocycles. The Hall–Kier alpha value is -1.93. The predicted molar refractivity (Wildman–Crippen MR) is 111 cm³/mol. The molecule has 1 aliphatic rings. The number of nitrogens with zero attached hydrogens (tertiary/aromatic N) is 2. The maximum atomic E-state index is 13.2. The van der Waals surface area contributed by atoms with Crippen LogP contribution in [0.4, 0.5) is 18.9 Å². The van der Waals surface area contributed by atoms with E-state index in [9.17, 15) is 13.2 Å². The van der Waals surface area contributed by atoms with Gasteiger partial charge in [-0.05, 0) is 42.8 Å². The van der Waals surface area contributed by atoms with Crippen LogP contribution in [0.5, 0.6) is 11.5 Å². The molecule has 1 unspecified atom stereocenters. The largest absolute Gasteiger partial charge is 0.493 e. The highest BCUT2D eigenvalue weighted by Crippen LogP contribution is 2.38. The van der Waals surface area contributed by atoms with E-state index >= 15 is 0 Å². The van der Waals surface area contributed by atoms with E-state index in [0.717, 1.165) is 18.7 Å². The Balaban J connectivity index is 1.69. The maximum absolute atomic E-state index is 13.2. The van der Waals surface area contributed by atoms with Gasteiger partial charge in [-0.25, -0.2) is 0 Å². The van der Waals surface area contributed by atoms with Gasteiger partial charge in [-0.1, -0.05) is 22.0 Å². The summed E-state index contributed by atoms with van der Waals surface area (Å²) in [4.78, 5) is 4.32. The van der Waals surface area contributed by atoms with Gasteiger partial charge in [0.25, 0.3) is 0 Å². The second-order valence-corrected chi connectivity index (χ2v) is 7.83. The van der Waals surface area contributed by atoms with Crippen LogP contribution in [-0.4, -0.2) is 45.3 Å². The van der Waals surface area contributed by atoms with Crippen molar-refractivity contribution in [3.05, 3.63) is 52.0 Å². The molecule has 0 spiro atoms. The zero-order valence-electron chi connectivity index (χ0n) is 16.6. The van der Waals surface area contributed by atoms with Crippen molar-refractivity contribution in [2.45, 2.75) is 19.1 Å². The van der Waals surface area contributed by atoms with Crippen molar-refractivity contribution in [3.8, 4) is 11.5 Å². The van der Waals surface area contributed by atoms with Crippen LogP contribution in [0.1, 0.15) is 24.1 Å². The number of halogens is 4. The zero-order chi connectivity index (χ0) is 21.2. The van der Waals surface area contributed by atoms with Crippen LogP contribution in [-0.2, 0) is 6.18 Å². The molecule has 29 heavy (non-hydrogen) atoms. The summed E-state index contributed by atoms with van der Waals surface area (Å²) < 4.78 is 50.3. The first kappa shape index (κ1) is 21.8. The lowest BCUT2D eigenvalue weighted by atomic mass is 10.0. The van der Waals surface area contributed by atoms with Crippen LogP contribution < -0.4 is 14.4 Å². The Morgan fingerprint density at radius 3 is 2.17 bits per heavy atom. The van der Waals surface area contributed by atoms with E-state index in [0.29, 0.717) is 30.3 Å². The van der Waals surface area contributed by atoms with Gasteiger partial charge in [-0.3, -0.25) is 4.90 Å². The molecule has 158 valence electrons. The number of hydrogen-bond donors (Lipinski definition) is 0. The molecule has 1 saturated heterocycles. The molecule has 1 atom stereocenters. The van der Waals surface area contributed by atoms with Crippen molar-refractivity contribution in [1.82, 2.24) is 4.90 Å². The summed E-state index contributed by atoms with van der Waals surface area (Å²) in [6.45, 7) is 4.96. The van der Waals surface area contributed by atoms with Gasteiger partial charge in [0.15, 0.2) is 11.5 Å². The first-order valence-corrected chi connectivity index (χ1v) is 10.1. The topological polar surface area (TPSA) is 24.9 Å². The van der Waals surface area contributed by atoms with Gasteiger partial charge in [0, 0.05) is 42.4 Å². The molecule has 3 rings (SSSR count). The Kier molecular flexibility index (Phi) is 6.63. The average molecular weight is 473 g/mol. The number of benzene rings is 2. The van der Waals surface area contributed by atoms with E-state index in [4.69, 9.17) is 9.47 Å². The van der Waals surface area contributed by atoms with Crippen LogP contribution in [0.2, 0.25) is 0 Å². The second-order valence-electron chi connectivity index (χ2n) is 6.98. The number of methoxy groups -OCH3 is 2. The third-order valence-corrected chi connectivity index (χ3v) is 6.06. The molecule has 0 aliphatic carbocycles.